The van der Waals surface area contributed by atoms with Crippen LogP contribution in [0.5, 0.6) is 5.75 Å². The molecular formula is C35H36ClN3O5S. The largest absolute Gasteiger partial charge is 0.497 e. The van der Waals surface area contributed by atoms with Gasteiger partial charge >= 0.3 is 0 Å². The predicted molar refractivity (Wildman–Crippen MR) is 174 cm³/mol. The van der Waals surface area contributed by atoms with Gasteiger partial charge in [0.15, 0.2) is 0 Å². The van der Waals surface area contributed by atoms with Gasteiger partial charge in [-0.25, -0.2) is 13.1 Å². The maximum absolute atomic E-state index is 14.0. The van der Waals surface area contributed by atoms with Gasteiger partial charge in [0.1, 0.15) is 11.8 Å². The minimum atomic E-state index is -3.56. The first kappa shape index (κ1) is 32.2. The van der Waals surface area contributed by atoms with Crippen LogP contribution in [-0.4, -0.2) is 38.3 Å². The Morgan fingerprint density at radius 2 is 1.49 bits per heavy atom. The smallest absolute Gasteiger partial charge is 0.247 e. The summed E-state index contributed by atoms with van der Waals surface area (Å²) in [6.45, 7) is 0.468. The zero-order valence-electron chi connectivity index (χ0n) is 25.0. The van der Waals surface area contributed by atoms with E-state index in [0.717, 1.165) is 35.3 Å². The van der Waals surface area contributed by atoms with Crippen molar-refractivity contribution in [2.45, 2.75) is 55.8 Å². The van der Waals surface area contributed by atoms with Crippen LogP contribution in [-0.2, 0) is 39.1 Å². The van der Waals surface area contributed by atoms with Crippen LogP contribution in [0.2, 0.25) is 5.02 Å². The zero-order valence-corrected chi connectivity index (χ0v) is 26.6. The van der Waals surface area contributed by atoms with E-state index in [1.807, 2.05) is 66.7 Å². The highest BCUT2D eigenvalue weighted by molar-refractivity contribution is 7.89. The van der Waals surface area contributed by atoms with Crippen molar-refractivity contribution in [2.75, 3.05) is 7.11 Å². The van der Waals surface area contributed by atoms with Crippen LogP contribution in [0.3, 0.4) is 0 Å². The number of sulfonamides is 1. The lowest BCUT2D eigenvalue weighted by Gasteiger charge is -2.32. The predicted octanol–water partition coefficient (Wildman–Crippen LogP) is 5.81. The third-order valence-corrected chi connectivity index (χ3v) is 9.44. The van der Waals surface area contributed by atoms with E-state index in [0.29, 0.717) is 17.0 Å². The number of hydrogen-bond donors (Lipinski definition) is 2. The molecule has 8 nitrogen and oxygen atoms in total. The van der Waals surface area contributed by atoms with Crippen molar-refractivity contribution in [2.24, 2.45) is 0 Å². The minimum Gasteiger partial charge on any atom is -0.497 e. The number of benzene rings is 4. The molecule has 45 heavy (non-hydrogen) atoms. The number of nitrogens with one attached hydrogen (secondary N) is 2. The van der Waals surface area contributed by atoms with Crippen LogP contribution in [0.4, 0.5) is 0 Å². The van der Waals surface area contributed by atoms with Crippen LogP contribution < -0.4 is 14.8 Å². The number of rotatable bonds is 14. The Bertz CT molecular complexity index is 1690. The van der Waals surface area contributed by atoms with Crippen molar-refractivity contribution in [3.05, 3.63) is 130 Å². The van der Waals surface area contributed by atoms with Crippen molar-refractivity contribution >= 4 is 33.4 Å². The first-order chi connectivity index (χ1) is 21.7. The molecule has 2 amide bonds. The zero-order chi connectivity index (χ0) is 31.8. The fourth-order valence-corrected chi connectivity index (χ4v) is 6.40. The molecule has 0 radical (unpaired) electrons. The lowest BCUT2D eigenvalue weighted by Crippen LogP contribution is -2.43. The number of carbonyl (C=O) groups excluding carboxylic acids is 2. The van der Waals surface area contributed by atoms with Gasteiger partial charge < -0.3 is 15.0 Å². The minimum absolute atomic E-state index is 0.0184. The number of ether oxygens (including phenoxy) is 1. The lowest BCUT2D eigenvalue weighted by molar-refractivity contribution is -0.141. The first-order valence-electron chi connectivity index (χ1n) is 14.8. The van der Waals surface area contributed by atoms with Crippen LogP contribution in [0.15, 0.2) is 108 Å². The van der Waals surface area contributed by atoms with E-state index in [2.05, 4.69) is 10.0 Å². The fraction of sp³-hybridized carbons (Fsp3) is 0.257. The molecule has 0 aromatic heterocycles. The Balaban J connectivity index is 1.36. The number of hydrogen-bond acceptors (Lipinski definition) is 5. The van der Waals surface area contributed by atoms with Gasteiger partial charge in [-0.1, -0.05) is 78.3 Å². The van der Waals surface area contributed by atoms with Crippen molar-refractivity contribution in [3.8, 4) is 5.75 Å². The highest BCUT2D eigenvalue weighted by atomic mass is 35.5. The number of halogens is 1. The van der Waals surface area contributed by atoms with E-state index in [1.54, 1.807) is 48.4 Å². The quantitative estimate of drug-likeness (QED) is 0.180. The van der Waals surface area contributed by atoms with E-state index < -0.39 is 16.1 Å². The third kappa shape index (κ3) is 8.94. The van der Waals surface area contributed by atoms with Crippen LogP contribution in [0.25, 0.3) is 0 Å². The van der Waals surface area contributed by atoms with Crippen molar-refractivity contribution in [1.82, 2.24) is 14.9 Å². The Labute approximate surface area is 269 Å². The molecular weight excluding hydrogens is 610 g/mol. The molecule has 4 aromatic carbocycles. The number of carbonyl (C=O) groups is 2. The second-order valence-electron chi connectivity index (χ2n) is 11.1. The van der Waals surface area contributed by atoms with Gasteiger partial charge in [0.25, 0.3) is 0 Å². The highest BCUT2D eigenvalue weighted by Crippen LogP contribution is 2.27. The van der Waals surface area contributed by atoms with Gasteiger partial charge in [0, 0.05) is 30.6 Å². The van der Waals surface area contributed by atoms with Crippen LogP contribution >= 0.6 is 11.6 Å². The highest BCUT2D eigenvalue weighted by Gasteiger charge is 2.31. The molecule has 0 saturated heterocycles. The average molecular weight is 646 g/mol. The molecule has 10 heteroatoms. The molecule has 1 fully saturated rings. The maximum Gasteiger partial charge on any atom is 0.247 e. The second kappa shape index (κ2) is 14.7. The Kier molecular flexibility index (Phi) is 10.5. The summed E-state index contributed by atoms with van der Waals surface area (Å²) in [4.78, 5) is 29.7. The number of methoxy groups -OCH3 is 1. The van der Waals surface area contributed by atoms with Gasteiger partial charge in [-0.2, -0.15) is 0 Å². The molecule has 1 atom stereocenters. The van der Waals surface area contributed by atoms with Crippen LogP contribution in [0.1, 0.15) is 47.6 Å². The van der Waals surface area contributed by atoms with E-state index in [4.69, 9.17) is 16.3 Å². The molecule has 1 aliphatic rings. The van der Waals surface area contributed by atoms with Gasteiger partial charge in [0.2, 0.25) is 21.8 Å². The molecule has 0 spiro atoms. The summed E-state index contributed by atoms with van der Waals surface area (Å²) < 4.78 is 33.0. The Hall–Kier alpha value is -4.18. The molecule has 1 aliphatic carbocycles. The van der Waals surface area contributed by atoms with Crippen molar-refractivity contribution in [3.63, 3.8) is 0 Å². The van der Waals surface area contributed by atoms with Crippen LogP contribution in [0, 0.1) is 0 Å². The topological polar surface area (TPSA) is 105 Å². The Morgan fingerprint density at radius 1 is 0.867 bits per heavy atom. The van der Waals surface area contributed by atoms with E-state index in [-0.39, 0.29) is 42.3 Å². The molecule has 0 unspecified atom stereocenters. The van der Waals surface area contributed by atoms with Crippen molar-refractivity contribution < 1.29 is 22.7 Å². The molecule has 2 N–H and O–H groups in total. The van der Waals surface area contributed by atoms with Gasteiger partial charge in [0.05, 0.1) is 12.0 Å². The summed E-state index contributed by atoms with van der Waals surface area (Å²) in [5, 5.41) is 3.59. The second-order valence-corrected chi connectivity index (χ2v) is 13.2. The number of nitrogens with zero attached hydrogens (tertiary/aromatic N) is 1. The Morgan fingerprint density at radius 3 is 2.11 bits per heavy atom. The average Bonchev–Trinajstić information content (AvgIpc) is 3.87. The molecule has 0 heterocycles. The maximum atomic E-state index is 14.0. The first-order valence-corrected chi connectivity index (χ1v) is 16.7. The summed E-state index contributed by atoms with van der Waals surface area (Å²) in [6.07, 6.45) is 2.21. The normalized spacial score (nSPS) is 13.6. The van der Waals surface area contributed by atoms with Gasteiger partial charge in [-0.15, -0.1) is 0 Å². The number of amides is 2. The summed E-state index contributed by atoms with van der Waals surface area (Å²) in [6, 6.07) is 29.6. The molecule has 4 aromatic rings. The molecule has 1 saturated carbocycles. The number of aryl methyl sites for hydroxylation is 1. The van der Waals surface area contributed by atoms with Crippen molar-refractivity contribution in [1.29, 1.82) is 0 Å². The fourth-order valence-electron chi connectivity index (χ4n) is 4.97. The van der Waals surface area contributed by atoms with E-state index in [9.17, 15) is 18.0 Å². The summed E-state index contributed by atoms with van der Waals surface area (Å²) in [7, 11) is -1.96. The lowest BCUT2D eigenvalue weighted by atomic mass is 10.0. The summed E-state index contributed by atoms with van der Waals surface area (Å²) in [5.41, 5.74) is 3.23. The van der Waals surface area contributed by atoms with E-state index >= 15 is 0 Å². The van der Waals surface area contributed by atoms with E-state index in [1.165, 1.54) is 0 Å². The summed E-state index contributed by atoms with van der Waals surface area (Å²) in [5.74, 6) is 0.195. The molecule has 0 aliphatic heterocycles. The molecule has 234 valence electrons. The molecule has 5 rings (SSSR count). The summed E-state index contributed by atoms with van der Waals surface area (Å²) >= 11 is 6.13. The molecule has 0 bridgehead atoms. The van der Waals surface area contributed by atoms with Gasteiger partial charge in [-0.3, -0.25) is 9.59 Å². The monoisotopic (exact) mass is 645 g/mol. The standard InChI is InChI=1S/C35H36ClN3O5S/c1-44-31-18-9-26(10-19-31)23-37-35(41)34(28-5-3-2-4-6-28)39(24-27-7-14-29(36)15-8-27)33(40)22-13-25-11-20-32(21-12-25)45(42,43)38-30-16-17-30/h2-12,14-15,18-21,30,34,38H,13,16-17,22-24H2,1H3,(H,37,41)/t34-/m0/s1. The van der Waals surface area contributed by atoms with Gasteiger partial charge in [-0.05, 0) is 77.9 Å². The third-order valence-electron chi connectivity index (χ3n) is 7.65. The SMILES string of the molecule is COc1ccc(CNC(=O)[C@H](c2ccccc2)N(Cc2ccc(Cl)cc2)C(=O)CCc2ccc(S(=O)(=O)NC3CC3)cc2)cc1.